The average molecular weight is 274 g/mol. The molecule has 1 atom stereocenters. The van der Waals surface area contributed by atoms with E-state index in [0.717, 1.165) is 6.54 Å². The van der Waals surface area contributed by atoms with Gasteiger partial charge in [-0.05, 0) is 37.4 Å². The standard InChI is InChI=1S/C18H30N2/c1-3-5-6-9-14-20-15-12-17(19-13-4-2)16-10-7-8-11-18(16)20/h7-8,10-11,17,19H,3-6,9,12-15H2,1-2H3. The van der Waals surface area contributed by atoms with Crippen LogP contribution < -0.4 is 10.2 Å². The Hall–Kier alpha value is -1.02. The van der Waals surface area contributed by atoms with Gasteiger partial charge in [-0.2, -0.15) is 0 Å². The van der Waals surface area contributed by atoms with Gasteiger partial charge in [0.15, 0.2) is 0 Å². The fourth-order valence-electron chi connectivity index (χ4n) is 3.12. The maximum atomic E-state index is 3.70. The number of anilines is 1. The Labute approximate surface area is 124 Å². The van der Waals surface area contributed by atoms with Crippen LogP contribution in [0.5, 0.6) is 0 Å². The number of hydrogen-bond donors (Lipinski definition) is 1. The molecule has 0 fully saturated rings. The highest BCUT2D eigenvalue weighted by atomic mass is 15.1. The van der Waals surface area contributed by atoms with Gasteiger partial charge in [0.25, 0.3) is 0 Å². The van der Waals surface area contributed by atoms with Crippen LogP contribution >= 0.6 is 0 Å². The van der Waals surface area contributed by atoms with Crippen molar-refractivity contribution >= 4 is 5.69 Å². The molecule has 1 N–H and O–H groups in total. The van der Waals surface area contributed by atoms with Crippen LogP contribution in [-0.4, -0.2) is 19.6 Å². The summed E-state index contributed by atoms with van der Waals surface area (Å²) in [6, 6.07) is 9.52. The normalized spacial score (nSPS) is 18.1. The highest BCUT2D eigenvalue weighted by Gasteiger charge is 2.23. The van der Waals surface area contributed by atoms with E-state index in [-0.39, 0.29) is 0 Å². The summed E-state index contributed by atoms with van der Waals surface area (Å²) in [5.74, 6) is 0. The molecule has 1 aliphatic rings. The molecule has 1 aliphatic heterocycles. The second-order valence-electron chi connectivity index (χ2n) is 5.90. The zero-order valence-corrected chi connectivity index (χ0v) is 13.2. The molecular formula is C18H30N2. The summed E-state index contributed by atoms with van der Waals surface area (Å²) < 4.78 is 0. The first-order valence-electron chi connectivity index (χ1n) is 8.44. The first-order chi connectivity index (χ1) is 9.86. The second kappa shape index (κ2) is 8.31. The zero-order valence-electron chi connectivity index (χ0n) is 13.2. The smallest absolute Gasteiger partial charge is 0.0414 e. The average Bonchev–Trinajstić information content (AvgIpc) is 2.50. The van der Waals surface area contributed by atoms with Gasteiger partial charge in [-0.15, -0.1) is 0 Å². The minimum atomic E-state index is 0.554. The van der Waals surface area contributed by atoms with Crippen LogP contribution in [0.3, 0.4) is 0 Å². The molecule has 20 heavy (non-hydrogen) atoms. The third-order valence-electron chi connectivity index (χ3n) is 4.26. The number of rotatable bonds is 8. The highest BCUT2D eigenvalue weighted by molar-refractivity contribution is 5.56. The highest BCUT2D eigenvalue weighted by Crippen LogP contribution is 2.33. The summed E-state index contributed by atoms with van der Waals surface area (Å²) in [6.45, 7) is 8.06. The summed E-state index contributed by atoms with van der Waals surface area (Å²) in [5.41, 5.74) is 2.96. The van der Waals surface area contributed by atoms with E-state index in [2.05, 4.69) is 48.3 Å². The monoisotopic (exact) mass is 274 g/mol. The lowest BCUT2D eigenvalue weighted by atomic mass is 9.96. The maximum Gasteiger partial charge on any atom is 0.0414 e. The Balaban J connectivity index is 1.99. The number of unbranched alkanes of at least 4 members (excludes halogenated alkanes) is 3. The molecular weight excluding hydrogens is 244 g/mol. The Bertz CT molecular complexity index is 389. The lowest BCUT2D eigenvalue weighted by molar-refractivity contribution is 0.474. The molecule has 1 aromatic carbocycles. The number of nitrogens with one attached hydrogen (secondary N) is 1. The number of benzene rings is 1. The Kier molecular flexibility index (Phi) is 6.38. The third kappa shape index (κ3) is 3.99. The van der Waals surface area contributed by atoms with Crippen LogP contribution in [0, 0.1) is 0 Å². The SMILES string of the molecule is CCCCCCN1CCC(NCCC)c2ccccc21. The van der Waals surface area contributed by atoms with Crippen molar-refractivity contribution in [1.29, 1.82) is 0 Å². The van der Waals surface area contributed by atoms with E-state index in [4.69, 9.17) is 0 Å². The van der Waals surface area contributed by atoms with E-state index in [0.29, 0.717) is 6.04 Å². The van der Waals surface area contributed by atoms with Crippen molar-refractivity contribution < 1.29 is 0 Å². The fraction of sp³-hybridized carbons (Fsp3) is 0.667. The van der Waals surface area contributed by atoms with Gasteiger partial charge < -0.3 is 10.2 Å². The van der Waals surface area contributed by atoms with Crippen molar-refractivity contribution in [2.75, 3.05) is 24.5 Å². The third-order valence-corrected chi connectivity index (χ3v) is 4.26. The van der Waals surface area contributed by atoms with E-state index >= 15 is 0 Å². The van der Waals surface area contributed by atoms with Crippen molar-refractivity contribution in [3.05, 3.63) is 29.8 Å². The fourth-order valence-corrected chi connectivity index (χ4v) is 3.12. The van der Waals surface area contributed by atoms with Gasteiger partial charge in [0.1, 0.15) is 0 Å². The predicted molar refractivity (Wildman–Crippen MR) is 88.4 cm³/mol. The molecule has 112 valence electrons. The molecule has 1 unspecified atom stereocenters. The molecule has 2 rings (SSSR count). The van der Waals surface area contributed by atoms with Crippen LogP contribution in [0.4, 0.5) is 5.69 Å². The molecule has 0 aliphatic carbocycles. The van der Waals surface area contributed by atoms with Crippen LogP contribution in [0.1, 0.15) is 64.0 Å². The van der Waals surface area contributed by atoms with Gasteiger partial charge in [-0.25, -0.2) is 0 Å². The van der Waals surface area contributed by atoms with Gasteiger partial charge in [-0.1, -0.05) is 51.3 Å². The molecule has 0 radical (unpaired) electrons. The number of fused-ring (bicyclic) bond motifs is 1. The Morgan fingerprint density at radius 2 is 1.95 bits per heavy atom. The topological polar surface area (TPSA) is 15.3 Å². The van der Waals surface area contributed by atoms with Crippen molar-refractivity contribution in [3.8, 4) is 0 Å². The number of para-hydroxylation sites is 1. The molecule has 1 heterocycles. The quantitative estimate of drug-likeness (QED) is 0.701. The largest absolute Gasteiger partial charge is 0.371 e. The van der Waals surface area contributed by atoms with Crippen LogP contribution in [0.25, 0.3) is 0 Å². The van der Waals surface area contributed by atoms with Gasteiger partial charge in [0.2, 0.25) is 0 Å². The first kappa shape index (κ1) is 15.4. The summed E-state index contributed by atoms with van der Waals surface area (Å²) in [6.07, 6.45) is 7.84. The van der Waals surface area contributed by atoms with Crippen molar-refractivity contribution in [3.63, 3.8) is 0 Å². The second-order valence-corrected chi connectivity index (χ2v) is 5.90. The van der Waals surface area contributed by atoms with Crippen molar-refractivity contribution in [2.45, 2.75) is 58.4 Å². The molecule has 0 saturated heterocycles. The van der Waals surface area contributed by atoms with Crippen LogP contribution in [-0.2, 0) is 0 Å². The van der Waals surface area contributed by atoms with Crippen LogP contribution in [0.15, 0.2) is 24.3 Å². The van der Waals surface area contributed by atoms with Crippen molar-refractivity contribution in [1.82, 2.24) is 5.32 Å². The molecule has 0 aromatic heterocycles. The molecule has 0 saturated carbocycles. The summed E-state index contributed by atoms with van der Waals surface area (Å²) >= 11 is 0. The van der Waals surface area contributed by atoms with E-state index in [1.165, 1.54) is 62.9 Å². The van der Waals surface area contributed by atoms with E-state index in [9.17, 15) is 0 Å². The molecule has 1 aromatic rings. The molecule has 0 bridgehead atoms. The van der Waals surface area contributed by atoms with E-state index in [1.807, 2.05) is 0 Å². The lowest BCUT2D eigenvalue weighted by Gasteiger charge is -2.36. The number of nitrogens with zero attached hydrogens (tertiary/aromatic N) is 1. The Morgan fingerprint density at radius 3 is 2.75 bits per heavy atom. The minimum absolute atomic E-state index is 0.554. The van der Waals surface area contributed by atoms with Gasteiger partial charge in [0, 0.05) is 24.8 Å². The molecule has 2 heteroatoms. The predicted octanol–water partition coefficient (Wildman–Crippen LogP) is 4.52. The Morgan fingerprint density at radius 1 is 1.10 bits per heavy atom. The van der Waals surface area contributed by atoms with Crippen molar-refractivity contribution in [2.24, 2.45) is 0 Å². The van der Waals surface area contributed by atoms with E-state index < -0.39 is 0 Å². The zero-order chi connectivity index (χ0) is 14.2. The summed E-state index contributed by atoms with van der Waals surface area (Å²) in [7, 11) is 0. The molecule has 0 spiro atoms. The first-order valence-corrected chi connectivity index (χ1v) is 8.44. The van der Waals surface area contributed by atoms with Gasteiger partial charge >= 0.3 is 0 Å². The number of hydrogen-bond acceptors (Lipinski definition) is 2. The molecule has 0 amide bonds. The van der Waals surface area contributed by atoms with E-state index in [1.54, 1.807) is 0 Å². The van der Waals surface area contributed by atoms with Gasteiger partial charge in [0.05, 0.1) is 0 Å². The van der Waals surface area contributed by atoms with Gasteiger partial charge in [-0.3, -0.25) is 0 Å². The minimum Gasteiger partial charge on any atom is -0.371 e. The lowest BCUT2D eigenvalue weighted by Crippen LogP contribution is -2.36. The summed E-state index contributed by atoms with van der Waals surface area (Å²) in [4.78, 5) is 2.59. The molecule has 2 nitrogen and oxygen atoms in total. The maximum absolute atomic E-state index is 3.70. The summed E-state index contributed by atoms with van der Waals surface area (Å²) in [5, 5.41) is 3.70. The van der Waals surface area contributed by atoms with Crippen LogP contribution in [0.2, 0.25) is 0 Å².